The highest BCUT2D eigenvalue weighted by Crippen LogP contribution is 2.18. The van der Waals surface area contributed by atoms with Crippen molar-refractivity contribution in [1.29, 1.82) is 0 Å². The second kappa shape index (κ2) is 9.40. The highest BCUT2D eigenvalue weighted by atomic mass is 16.6. The quantitative estimate of drug-likeness (QED) is 0.574. The van der Waals surface area contributed by atoms with E-state index >= 15 is 0 Å². The molecule has 3 amide bonds. The summed E-state index contributed by atoms with van der Waals surface area (Å²) in [4.78, 5) is 31.1. The first-order valence-corrected chi connectivity index (χ1v) is 6.90. The maximum absolute atomic E-state index is 11.8. The molecule has 0 spiro atoms. The number of anilines is 2. The molecule has 2 rings (SSSR count). The third-order valence-electron chi connectivity index (χ3n) is 2.56. The van der Waals surface area contributed by atoms with Gasteiger partial charge in [-0.2, -0.15) is 0 Å². The maximum atomic E-state index is 11.8. The first kappa shape index (κ1) is 19.3. The lowest BCUT2D eigenvalue weighted by molar-refractivity contribution is 0.205. The van der Waals surface area contributed by atoms with E-state index < -0.39 is 18.3 Å². The molecule has 9 heteroatoms. The Bertz CT molecular complexity index is 759. The number of carboxylic acid groups (broad SMARTS) is 2. The van der Waals surface area contributed by atoms with Gasteiger partial charge in [0, 0.05) is 17.4 Å². The Morgan fingerprint density at radius 2 is 1.52 bits per heavy atom. The van der Waals surface area contributed by atoms with Crippen LogP contribution in [-0.4, -0.2) is 28.5 Å². The number of primary amides is 1. The average molecular weight is 347 g/mol. The molecule has 0 heterocycles. The number of benzene rings is 2. The summed E-state index contributed by atoms with van der Waals surface area (Å²) >= 11 is 0. The normalized spacial score (nSPS) is 9.16. The number of carbonyl (C=O) groups excluding carboxylic acids is 1. The molecule has 0 saturated carbocycles. The molecular weight excluding hydrogens is 330 g/mol. The van der Waals surface area contributed by atoms with Crippen molar-refractivity contribution in [3.05, 3.63) is 54.1 Å². The summed E-state index contributed by atoms with van der Waals surface area (Å²) < 4.78 is 5.10. The number of carbonyl (C=O) groups is 3. The number of aryl methyl sites for hydroxylation is 1. The zero-order valence-electron chi connectivity index (χ0n) is 13.2. The monoisotopic (exact) mass is 347 g/mol. The summed E-state index contributed by atoms with van der Waals surface area (Å²) in [6, 6.07) is 13.4. The molecule has 25 heavy (non-hydrogen) atoms. The Morgan fingerprint density at radius 3 is 2.08 bits per heavy atom. The van der Waals surface area contributed by atoms with E-state index in [4.69, 9.17) is 19.7 Å². The van der Waals surface area contributed by atoms with E-state index in [1.54, 1.807) is 24.3 Å². The van der Waals surface area contributed by atoms with Crippen LogP contribution in [0.2, 0.25) is 0 Å². The minimum absolute atomic E-state index is 0.242. The third kappa shape index (κ3) is 8.45. The molecule has 0 aromatic heterocycles. The Morgan fingerprint density at radius 1 is 0.960 bits per heavy atom. The van der Waals surface area contributed by atoms with E-state index in [1.165, 1.54) is 6.07 Å². The first-order valence-electron chi connectivity index (χ1n) is 6.90. The lowest BCUT2D eigenvalue weighted by Gasteiger charge is -2.08. The van der Waals surface area contributed by atoms with Gasteiger partial charge in [-0.25, -0.2) is 14.4 Å². The number of hydrogen-bond acceptors (Lipinski definition) is 4. The van der Waals surface area contributed by atoms with Crippen LogP contribution in [0.3, 0.4) is 0 Å². The SMILES string of the molecule is Cc1cccc(NC(=O)Oc2cccc(NC(=O)O)c2)c1.NC(=O)O. The molecule has 0 aliphatic heterocycles. The molecule has 6 N–H and O–H groups in total. The van der Waals surface area contributed by atoms with Crippen molar-refractivity contribution < 1.29 is 29.3 Å². The number of amides is 3. The molecule has 0 saturated heterocycles. The molecule has 9 nitrogen and oxygen atoms in total. The van der Waals surface area contributed by atoms with Gasteiger partial charge in [0.25, 0.3) is 0 Å². The van der Waals surface area contributed by atoms with Crippen LogP contribution in [0.4, 0.5) is 25.8 Å². The molecule has 0 aliphatic rings. The highest BCUT2D eigenvalue weighted by molar-refractivity contribution is 5.87. The number of ether oxygens (including phenoxy) is 1. The topological polar surface area (TPSA) is 151 Å². The van der Waals surface area contributed by atoms with Gasteiger partial charge in [0.15, 0.2) is 0 Å². The van der Waals surface area contributed by atoms with E-state index in [0.29, 0.717) is 11.4 Å². The van der Waals surface area contributed by atoms with Gasteiger partial charge in [-0.05, 0) is 36.8 Å². The van der Waals surface area contributed by atoms with Gasteiger partial charge in [0.2, 0.25) is 0 Å². The van der Waals surface area contributed by atoms with Crippen LogP contribution in [0, 0.1) is 6.92 Å². The molecule has 0 atom stereocenters. The number of nitrogens with one attached hydrogen (secondary N) is 2. The highest BCUT2D eigenvalue weighted by Gasteiger charge is 2.06. The lowest BCUT2D eigenvalue weighted by Crippen LogP contribution is -2.17. The summed E-state index contributed by atoms with van der Waals surface area (Å²) in [6.45, 7) is 1.91. The molecule has 0 unspecified atom stereocenters. The van der Waals surface area contributed by atoms with Gasteiger partial charge in [0.1, 0.15) is 5.75 Å². The molecule has 2 aromatic carbocycles. The zero-order valence-corrected chi connectivity index (χ0v) is 13.2. The van der Waals surface area contributed by atoms with Crippen LogP contribution in [0.1, 0.15) is 5.56 Å². The van der Waals surface area contributed by atoms with Gasteiger partial charge in [0.05, 0.1) is 0 Å². The summed E-state index contributed by atoms with van der Waals surface area (Å²) in [5.41, 5.74) is 5.99. The fourth-order valence-electron chi connectivity index (χ4n) is 1.73. The summed E-state index contributed by atoms with van der Waals surface area (Å²) in [6.07, 6.45) is -3.16. The van der Waals surface area contributed by atoms with Crippen LogP contribution < -0.4 is 21.1 Å². The van der Waals surface area contributed by atoms with Gasteiger partial charge in [-0.3, -0.25) is 10.6 Å². The van der Waals surface area contributed by atoms with Crippen molar-refractivity contribution >= 4 is 29.7 Å². The van der Waals surface area contributed by atoms with E-state index in [9.17, 15) is 9.59 Å². The second-order valence-corrected chi connectivity index (χ2v) is 4.68. The van der Waals surface area contributed by atoms with Crippen LogP contribution in [-0.2, 0) is 0 Å². The van der Waals surface area contributed by atoms with Crippen molar-refractivity contribution in [2.45, 2.75) is 6.92 Å². The maximum Gasteiger partial charge on any atom is 0.417 e. The van der Waals surface area contributed by atoms with Crippen molar-refractivity contribution in [3.63, 3.8) is 0 Å². The summed E-state index contributed by atoms with van der Waals surface area (Å²) in [5, 5.41) is 20.6. The average Bonchev–Trinajstić information content (AvgIpc) is 2.46. The number of nitrogens with two attached hydrogens (primary N) is 1. The predicted octanol–water partition coefficient (Wildman–Crippen LogP) is 3.32. The zero-order chi connectivity index (χ0) is 18.8. The van der Waals surface area contributed by atoms with Crippen molar-refractivity contribution in [3.8, 4) is 5.75 Å². The molecule has 2 aromatic rings. The van der Waals surface area contributed by atoms with E-state index in [2.05, 4.69) is 16.4 Å². The molecular formula is C16H17N3O6. The van der Waals surface area contributed by atoms with E-state index in [0.717, 1.165) is 5.56 Å². The van der Waals surface area contributed by atoms with E-state index in [-0.39, 0.29) is 5.75 Å². The Balaban J connectivity index is 0.000000705. The van der Waals surface area contributed by atoms with Gasteiger partial charge >= 0.3 is 18.3 Å². The van der Waals surface area contributed by atoms with Crippen LogP contribution >= 0.6 is 0 Å². The Kier molecular flexibility index (Phi) is 7.26. The Hall–Kier alpha value is -3.75. The molecule has 0 radical (unpaired) electrons. The molecule has 0 aliphatic carbocycles. The summed E-state index contributed by atoms with van der Waals surface area (Å²) in [5.74, 6) is 0.242. The second-order valence-electron chi connectivity index (χ2n) is 4.68. The van der Waals surface area contributed by atoms with Gasteiger partial charge < -0.3 is 20.7 Å². The third-order valence-corrected chi connectivity index (χ3v) is 2.56. The standard InChI is InChI=1S/C15H14N2O4.CH3NO2/c1-10-4-2-5-11(8-10)17-15(20)21-13-7-3-6-12(9-13)16-14(18)19;2-1(3)4/h2-9,16H,1H3,(H,17,20)(H,18,19);2H2,(H,3,4). The van der Waals surface area contributed by atoms with Crippen LogP contribution in [0.15, 0.2) is 48.5 Å². The first-order chi connectivity index (χ1) is 11.8. The van der Waals surface area contributed by atoms with Gasteiger partial charge in [-0.1, -0.05) is 18.2 Å². The fraction of sp³-hybridized carbons (Fsp3) is 0.0625. The van der Waals surface area contributed by atoms with Crippen LogP contribution in [0.5, 0.6) is 5.75 Å². The number of hydrogen-bond donors (Lipinski definition) is 5. The van der Waals surface area contributed by atoms with Crippen molar-refractivity contribution in [1.82, 2.24) is 0 Å². The summed E-state index contributed by atoms with van der Waals surface area (Å²) in [7, 11) is 0. The van der Waals surface area contributed by atoms with E-state index in [1.807, 2.05) is 25.1 Å². The predicted molar refractivity (Wildman–Crippen MR) is 91.1 cm³/mol. The lowest BCUT2D eigenvalue weighted by atomic mass is 10.2. The smallest absolute Gasteiger partial charge is 0.417 e. The molecule has 0 bridgehead atoms. The minimum atomic E-state index is -1.33. The van der Waals surface area contributed by atoms with Crippen LogP contribution in [0.25, 0.3) is 0 Å². The molecule has 132 valence electrons. The largest absolute Gasteiger partial charge is 0.465 e. The minimum Gasteiger partial charge on any atom is -0.465 e. The Labute approximate surface area is 143 Å². The molecule has 0 fully saturated rings. The van der Waals surface area contributed by atoms with Crippen molar-refractivity contribution in [2.75, 3.05) is 10.6 Å². The fourth-order valence-corrected chi connectivity index (χ4v) is 1.73. The number of rotatable bonds is 3. The van der Waals surface area contributed by atoms with Gasteiger partial charge in [-0.15, -0.1) is 0 Å². The van der Waals surface area contributed by atoms with Crippen molar-refractivity contribution in [2.24, 2.45) is 5.73 Å².